The molecule has 1 saturated carbocycles. The number of carbonyl (C=O) groups is 2. The highest BCUT2D eigenvalue weighted by molar-refractivity contribution is 6.05. The molecule has 1 aliphatic rings. The molecule has 4 rings (SSSR count). The summed E-state index contributed by atoms with van der Waals surface area (Å²) in [4.78, 5) is 25.0. The van der Waals surface area contributed by atoms with Gasteiger partial charge in [-0.2, -0.15) is 0 Å². The molecule has 0 saturated heterocycles. The van der Waals surface area contributed by atoms with E-state index < -0.39 is 0 Å². The van der Waals surface area contributed by atoms with Gasteiger partial charge in [-0.05, 0) is 60.0 Å². The largest absolute Gasteiger partial charge is 0.345 e. The van der Waals surface area contributed by atoms with Crippen LogP contribution in [-0.2, 0) is 6.54 Å². The van der Waals surface area contributed by atoms with Crippen molar-refractivity contribution in [3.05, 3.63) is 71.0 Å². The summed E-state index contributed by atoms with van der Waals surface area (Å²) in [7, 11) is 0. The first-order valence-corrected chi connectivity index (χ1v) is 9.14. The predicted octanol–water partition coefficient (Wildman–Crippen LogP) is 2.50. The summed E-state index contributed by atoms with van der Waals surface area (Å²) in [6, 6.07) is 14.5. The monoisotopic (exact) mass is 376 g/mol. The van der Waals surface area contributed by atoms with Gasteiger partial charge in [0.15, 0.2) is 5.82 Å². The van der Waals surface area contributed by atoms with Crippen molar-refractivity contribution < 1.29 is 9.59 Å². The number of hydrogen-bond donors (Lipinski definition) is 2. The molecule has 28 heavy (non-hydrogen) atoms. The Kier molecular flexibility index (Phi) is 4.84. The van der Waals surface area contributed by atoms with Gasteiger partial charge in [0.05, 0.1) is 12.6 Å². The van der Waals surface area contributed by atoms with Crippen LogP contribution in [0.3, 0.4) is 0 Å². The van der Waals surface area contributed by atoms with Crippen LogP contribution in [0.25, 0.3) is 0 Å². The van der Waals surface area contributed by atoms with E-state index in [0.717, 1.165) is 18.4 Å². The van der Waals surface area contributed by atoms with Crippen molar-refractivity contribution in [1.82, 2.24) is 25.5 Å². The zero-order valence-electron chi connectivity index (χ0n) is 15.4. The lowest BCUT2D eigenvalue weighted by Crippen LogP contribution is -2.25. The van der Waals surface area contributed by atoms with Crippen LogP contribution >= 0.6 is 0 Å². The highest BCUT2D eigenvalue weighted by Gasteiger charge is 2.27. The van der Waals surface area contributed by atoms with E-state index in [1.54, 1.807) is 41.1 Å². The van der Waals surface area contributed by atoms with Gasteiger partial charge < -0.3 is 10.6 Å². The van der Waals surface area contributed by atoms with Gasteiger partial charge in [0.25, 0.3) is 11.8 Å². The van der Waals surface area contributed by atoms with Crippen molar-refractivity contribution in [3.8, 4) is 0 Å². The molecular formula is C20H20N6O2. The average Bonchev–Trinajstić information content (AvgIpc) is 3.46. The van der Waals surface area contributed by atoms with E-state index in [1.807, 2.05) is 19.1 Å². The summed E-state index contributed by atoms with van der Waals surface area (Å²) >= 11 is 0. The number of tetrazole rings is 1. The second-order valence-corrected chi connectivity index (χ2v) is 6.80. The van der Waals surface area contributed by atoms with Crippen LogP contribution < -0.4 is 10.6 Å². The molecule has 0 bridgehead atoms. The molecule has 8 nitrogen and oxygen atoms in total. The summed E-state index contributed by atoms with van der Waals surface area (Å²) in [6.07, 6.45) is 2.13. The first-order valence-electron chi connectivity index (χ1n) is 9.14. The molecule has 8 heteroatoms. The van der Waals surface area contributed by atoms with E-state index in [9.17, 15) is 9.59 Å². The van der Waals surface area contributed by atoms with E-state index in [0.29, 0.717) is 28.7 Å². The minimum absolute atomic E-state index is 0.218. The van der Waals surface area contributed by atoms with Crippen LogP contribution in [0.15, 0.2) is 48.5 Å². The van der Waals surface area contributed by atoms with Crippen molar-refractivity contribution in [2.45, 2.75) is 32.4 Å². The minimum Gasteiger partial charge on any atom is -0.345 e. The zero-order chi connectivity index (χ0) is 19.5. The van der Waals surface area contributed by atoms with E-state index in [-0.39, 0.29) is 18.4 Å². The molecule has 0 unspecified atom stereocenters. The Bertz CT molecular complexity index is 1010. The van der Waals surface area contributed by atoms with Crippen molar-refractivity contribution >= 4 is 17.5 Å². The zero-order valence-corrected chi connectivity index (χ0v) is 15.4. The summed E-state index contributed by atoms with van der Waals surface area (Å²) in [5, 5.41) is 17.3. The Hall–Kier alpha value is -3.55. The normalized spacial score (nSPS) is 13.2. The van der Waals surface area contributed by atoms with Gasteiger partial charge in [0, 0.05) is 16.8 Å². The second kappa shape index (κ2) is 7.59. The van der Waals surface area contributed by atoms with Crippen LogP contribution in [0.1, 0.15) is 51.0 Å². The van der Waals surface area contributed by atoms with Crippen molar-refractivity contribution in [3.63, 3.8) is 0 Å². The summed E-state index contributed by atoms with van der Waals surface area (Å²) in [5.41, 5.74) is 2.49. The fraction of sp³-hybridized carbons (Fsp3) is 0.250. The Labute approximate surface area is 162 Å². The molecule has 3 aromatic rings. The fourth-order valence-corrected chi connectivity index (χ4v) is 2.87. The van der Waals surface area contributed by atoms with Gasteiger partial charge in [0.2, 0.25) is 0 Å². The molecule has 0 atom stereocenters. The Morgan fingerprint density at radius 2 is 1.86 bits per heavy atom. The molecule has 1 fully saturated rings. The maximum Gasteiger partial charge on any atom is 0.255 e. The van der Waals surface area contributed by atoms with Crippen LogP contribution in [0, 0.1) is 6.92 Å². The molecule has 1 aliphatic carbocycles. The number of benzene rings is 2. The summed E-state index contributed by atoms with van der Waals surface area (Å²) in [6.45, 7) is 2.13. The number of nitrogens with one attached hydrogen (secondary N) is 2. The number of aromatic nitrogens is 4. The lowest BCUT2D eigenvalue weighted by atomic mass is 10.1. The van der Waals surface area contributed by atoms with Crippen LogP contribution in [0.2, 0.25) is 0 Å². The quantitative estimate of drug-likeness (QED) is 0.688. The van der Waals surface area contributed by atoms with Gasteiger partial charge in [-0.3, -0.25) is 9.59 Å². The molecule has 0 radical (unpaired) electrons. The number of carbonyl (C=O) groups excluding carboxylic acids is 2. The smallest absolute Gasteiger partial charge is 0.255 e. The molecule has 2 N–H and O–H groups in total. The highest BCUT2D eigenvalue weighted by atomic mass is 16.2. The van der Waals surface area contributed by atoms with Crippen molar-refractivity contribution in [2.24, 2.45) is 0 Å². The van der Waals surface area contributed by atoms with Gasteiger partial charge in [0.1, 0.15) is 0 Å². The molecule has 142 valence electrons. The van der Waals surface area contributed by atoms with E-state index >= 15 is 0 Å². The van der Waals surface area contributed by atoms with E-state index in [2.05, 4.69) is 26.2 Å². The van der Waals surface area contributed by atoms with Gasteiger partial charge in [-0.25, -0.2) is 4.68 Å². The molecule has 0 spiro atoms. The van der Waals surface area contributed by atoms with E-state index in [4.69, 9.17) is 0 Å². The Morgan fingerprint density at radius 3 is 2.61 bits per heavy atom. The number of nitrogens with zero attached hydrogens (tertiary/aromatic N) is 4. The fourth-order valence-electron chi connectivity index (χ4n) is 2.87. The number of hydrogen-bond acceptors (Lipinski definition) is 5. The lowest BCUT2D eigenvalue weighted by molar-refractivity contribution is 0.0948. The lowest BCUT2D eigenvalue weighted by Gasteiger charge is -2.11. The highest BCUT2D eigenvalue weighted by Crippen LogP contribution is 2.34. The standard InChI is InChI=1S/C20H20N6O2/c1-13-7-8-15(11-17(13)22-20(28)14-5-3-2-4-6-14)19(27)21-12-18-23-24-25-26(18)16-9-10-16/h2-8,11,16H,9-10,12H2,1H3,(H,21,27)(H,22,28). The maximum atomic E-state index is 12.6. The molecular weight excluding hydrogens is 356 g/mol. The van der Waals surface area contributed by atoms with Crippen LogP contribution in [0.5, 0.6) is 0 Å². The second-order valence-electron chi connectivity index (χ2n) is 6.80. The first-order chi connectivity index (χ1) is 13.6. The predicted molar refractivity (Wildman–Crippen MR) is 103 cm³/mol. The Morgan fingerprint density at radius 1 is 1.07 bits per heavy atom. The topological polar surface area (TPSA) is 102 Å². The third-order valence-electron chi connectivity index (χ3n) is 4.64. The van der Waals surface area contributed by atoms with Crippen molar-refractivity contribution in [1.29, 1.82) is 0 Å². The molecule has 2 aromatic carbocycles. The molecule has 2 amide bonds. The number of rotatable bonds is 6. The van der Waals surface area contributed by atoms with Gasteiger partial charge in [-0.15, -0.1) is 5.10 Å². The minimum atomic E-state index is -0.249. The third-order valence-corrected chi connectivity index (χ3v) is 4.64. The Balaban J connectivity index is 1.44. The summed E-state index contributed by atoms with van der Waals surface area (Å²) < 4.78 is 1.76. The van der Waals surface area contributed by atoms with Crippen LogP contribution in [-0.4, -0.2) is 32.0 Å². The average molecular weight is 376 g/mol. The summed E-state index contributed by atoms with van der Waals surface area (Å²) in [5.74, 6) is 0.172. The number of amides is 2. The number of anilines is 1. The molecule has 0 aliphatic heterocycles. The first kappa shape index (κ1) is 17.8. The molecule has 1 aromatic heterocycles. The van der Waals surface area contributed by atoms with Gasteiger partial charge >= 0.3 is 0 Å². The SMILES string of the molecule is Cc1ccc(C(=O)NCc2nnnn2C2CC2)cc1NC(=O)c1ccccc1. The van der Waals surface area contributed by atoms with Gasteiger partial charge in [-0.1, -0.05) is 24.3 Å². The molecule has 1 heterocycles. The van der Waals surface area contributed by atoms with Crippen molar-refractivity contribution in [2.75, 3.05) is 5.32 Å². The van der Waals surface area contributed by atoms with E-state index in [1.165, 1.54) is 0 Å². The number of aryl methyl sites for hydroxylation is 1. The maximum absolute atomic E-state index is 12.6. The third kappa shape index (κ3) is 3.90. The van der Waals surface area contributed by atoms with Crippen LogP contribution in [0.4, 0.5) is 5.69 Å².